The van der Waals surface area contributed by atoms with Crippen molar-refractivity contribution in [3.05, 3.63) is 65.9 Å². The van der Waals surface area contributed by atoms with Gasteiger partial charge in [-0.05, 0) is 55.5 Å². The zero-order valence-corrected chi connectivity index (χ0v) is 17.5. The van der Waals surface area contributed by atoms with E-state index in [-0.39, 0.29) is 5.56 Å². The van der Waals surface area contributed by atoms with Gasteiger partial charge in [-0.2, -0.15) is 0 Å². The molecule has 0 unspecified atom stereocenters. The fourth-order valence-electron chi connectivity index (χ4n) is 3.36. The van der Waals surface area contributed by atoms with Gasteiger partial charge in [0, 0.05) is 41.8 Å². The topological polar surface area (TPSA) is 117 Å². The normalized spacial score (nSPS) is 13.5. The average molecular weight is 433 g/mol. The maximum Gasteiger partial charge on any atom is 0.335 e. The molecule has 3 aromatic rings. The van der Waals surface area contributed by atoms with Gasteiger partial charge < -0.3 is 25.4 Å². The van der Waals surface area contributed by atoms with Crippen molar-refractivity contribution in [2.24, 2.45) is 0 Å². The van der Waals surface area contributed by atoms with E-state index in [0.717, 1.165) is 30.0 Å². The Morgan fingerprint density at radius 2 is 1.56 bits per heavy atom. The quantitative estimate of drug-likeness (QED) is 0.562. The second-order valence-electron chi connectivity index (χ2n) is 7.34. The van der Waals surface area contributed by atoms with Crippen molar-refractivity contribution in [3.63, 3.8) is 0 Å². The molecule has 1 aromatic heterocycles. The SMILES string of the molecule is Cc1cnc(-c2ccc(NC(=O)Nc3ccc(C(=O)O)cc3)cc2)nc1N1CCOCC1. The van der Waals surface area contributed by atoms with Crippen LogP contribution in [0.4, 0.5) is 22.0 Å². The molecule has 0 spiro atoms. The van der Waals surface area contributed by atoms with E-state index in [1.807, 2.05) is 25.3 Å². The van der Waals surface area contributed by atoms with E-state index < -0.39 is 12.0 Å². The van der Waals surface area contributed by atoms with Crippen molar-refractivity contribution in [3.8, 4) is 11.4 Å². The average Bonchev–Trinajstić information content (AvgIpc) is 2.81. The summed E-state index contributed by atoms with van der Waals surface area (Å²) in [5.41, 5.74) is 3.11. The number of aromatic carboxylic acids is 1. The highest BCUT2D eigenvalue weighted by Gasteiger charge is 2.16. The summed E-state index contributed by atoms with van der Waals surface area (Å²) in [5, 5.41) is 14.4. The van der Waals surface area contributed by atoms with Crippen LogP contribution in [0.5, 0.6) is 0 Å². The minimum absolute atomic E-state index is 0.154. The van der Waals surface area contributed by atoms with Gasteiger partial charge >= 0.3 is 12.0 Å². The Morgan fingerprint density at radius 1 is 0.969 bits per heavy atom. The first-order valence-corrected chi connectivity index (χ1v) is 10.2. The minimum atomic E-state index is -1.02. The Labute approximate surface area is 185 Å². The van der Waals surface area contributed by atoms with Gasteiger partial charge in [0.15, 0.2) is 5.82 Å². The minimum Gasteiger partial charge on any atom is -0.478 e. The number of hydrogen-bond donors (Lipinski definition) is 3. The van der Waals surface area contributed by atoms with Crippen LogP contribution in [0.1, 0.15) is 15.9 Å². The number of urea groups is 1. The third-order valence-corrected chi connectivity index (χ3v) is 5.05. The lowest BCUT2D eigenvalue weighted by Crippen LogP contribution is -2.37. The van der Waals surface area contributed by atoms with Crippen molar-refractivity contribution in [1.29, 1.82) is 0 Å². The van der Waals surface area contributed by atoms with E-state index in [4.69, 9.17) is 14.8 Å². The van der Waals surface area contributed by atoms with Gasteiger partial charge in [-0.3, -0.25) is 0 Å². The summed E-state index contributed by atoms with van der Waals surface area (Å²) in [5.74, 6) is 0.510. The molecule has 2 heterocycles. The summed E-state index contributed by atoms with van der Waals surface area (Å²) >= 11 is 0. The molecule has 0 radical (unpaired) electrons. The second kappa shape index (κ2) is 9.44. The summed E-state index contributed by atoms with van der Waals surface area (Å²) in [6.45, 7) is 4.97. The zero-order chi connectivity index (χ0) is 22.5. The molecule has 3 N–H and O–H groups in total. The molecule has 9 nitrogen and oxygen atoms in total. The summed E-state index contributed by atoms with van der Waals surface area (Å²) in [6.07, 6.45) is 1.82. The number of anilines is 3. The van der Waals surface area contributed by atoms with E-state index in [2.05, 4.69) is 20.5 Å². The first-order chi connectivity index (χ1) is 15.5. The molecule has 9 heteroatoms. The molecule has 2 aromatic carbocycles. The number of nitrogens with one attached hydrogen (secondary N) is 2. The molecule has 0 aliphatic carbocycles. The number of carbonyl (C=O) groups excluding carboxylic acids is 1. The predicted molar refractivity (Wildman–Crippen MR) is 121 cm³/mol. The Balaban J connectivity index is 1.41. The monoisotopic (exact) mass is 433 g/mol. The summed E-state index contributed by atoms with van der Waals surface area (Å²) in [4.78, 5) is 34.6. The summed E-state index contributed by atoms with van der Waals surface area (Å²) < 4.78 is 5.42. The summed E-state index contributed by atoms with van der Waals surface area (Å²) in [7, 11) is 0. The fourth-order valence-corrected chi connectivity index (χ4v) is 3.36. The Morgan fingerprint density at radius 3 is 2.16 bits per heavy atom. The van der Waals surface area contributed by atoms with Crippen molar-refractivity contribution >= 4 is 29.2 Å². The largest absolute Gasteiger partial charge is 0.478 e. The highest BCUT2D eigenvalue weighted by atomic mass is 16.5. The number of aryl methyl sites for hydroxylation is 1. The number of carboxylic acids is 1. The summed E-state index contributed by atoms with van der Waals surface area (Å²) in [6, 6.07) is 12.8. The van der Waals surface area contributed by atoms with Crippen molar-refractivity contribution in [2.45, 2.75) is 6.92 Å². The van der Waals surface area contributed by atoms with Crippen molar-refractivity contribution in [2.75, 3.05) is 41.8 Å². The van der Waals surface area contributed by atoms with Crippen LogP contribution in [0.25, 0.3) is 11.4 Å². The standard InChI is InChI=1S/C23H23N5O4/c1-15-14-24-20(27-21(15)28-10-12-32-13-11-28)16-2-6-18(7-3-16)25-23(31)26-19-8-4-17(5-9-19)22(29)30/h2-9,14H,10-13H2,1H3,(H,29,30)(H2,25,26,31). The number of nitrogens with zero attached hydrogens (tertiary/aromatic N) is 3. The number of carbonyl (C=O) groups is 2. The van der Waals surface area contributed by atoms with Gasteiger partial charge in [-0.25, -0.2) is 19.6 Å². The first kappa shape index (κ1) is 21.3. The smallest absolute Gasteiger partial charge is 0.335 e. The number of benzene rings is 2. The van der Waals surface area contributed by atoms with Gasteiger partial charge in [0.2, 0.25) is 0 Å². The van der Waals surface area contributed by atoms with Crippen molar-refractivity contribution in [1.82, 2.24) is 9.97 Å². The number of morpholine rings is 1. The van der Waals surface area contributed by atoms with Crippen LogP contribution in [-0.2, 0) is 4.74 Å². The van der Waals surface area contributed by atoms with Gasteiger partial charge in [0.1, 0.15) is 5.82 Å². The number of rotatable bonds is 5. The molecule has 1 aliphatic rings. The molecule has 1 aliphatic heterocycles. The molecule has 4 rings (SSSR count). The molecule has 0 bridgehead atoms. The fraction of sp³-hybridized carbons (Fsp3) is 0.217. The molecule has 1 fully saturated rings. The van der Waals surface area contributed by atoms with Gasteiger partial charge in [0.05, 0.1) is 18.8 Å². The molecule has 164 valence electrons. The van der Waals surface area contributed by atoms with Crippen LogP contribution in [0, 0.1) is 6.92 Å². The van der Waals surface area contributed by atoms with Crippen molar-refractivity contribution < 1.29 is 19.4 Å². The van der Waals surface area contributed by atoms with E-state index in [0.29, 0.717) is 30.4 Å². The highest BCUT2D eigenvalue weighted by molar-refractivity contribution is 6.00. The zero-order valence-electron chi connectivity index (χ0n) is 17.5. The molecular weight excluding hydrogens is 410 g/mol. The number of amides is 2. The van der Waals surface area contributed by atoms with E-state index in [1.165, 1.54) is 24.3 Å². The third kappa shape index (κ3) is 5.01. The molecule has 0 atom stereocenters. The van der Waals surface area contributed by atoms with Crippen LogP contribution in [0.2, 0.25) is 0 Å². The maximum absolute atomic E-state index is 12.2. The number of aromatic nitrogens is 2. The van der Waals surface area contributed by atoms with Gasteiger partial charge in [-0.15, -0.1) is 0 Å². The van der Waals surface area contributed by atoms with Crippen LogP contribution in [0.15, 0.2) is 54.7 Å². The lowest BCUT2D eigenvalue weighted by atomic mass is 10.2. The highest BCUT2D eigenvalue weighted by Crippen LogP contribution is 2.24. The second-order valence-corrected chi connectivity index (χ2v) is 7.34. The molecule has 0 saturated carbocycles. The van der Waals surface area contributed by atoms with Crippen LogP contribution in [0.3, 0.4) is 0 Å². The molecular formula is C23H23N5O4. The predicted octanol–water partition coefficient (Wildman–Crippen LogP) is 3.63. The number of ether oxygens (including phenoxy) is 1. The Kier molecular flexibility index (Phi) is 6.27. The number of hydrogen-bond acceptors (Lipinski definition) is 6. The van der Waals surface area contributed by atoms with Crippen LogP contribution < -0.4 is 15.5 Å². The molecule has 32 heavy (non-hydrogen) atoms. The number of carboxylic acid groups (broad SMARTS) is 1. The van der Waals surface area contributed by atoms with Crippen LogP contribution in [-0.4, -0.2) is 53.4 Å². The Hall–Kier alpha value is -3.98. The van der Waals surface area contributed by atoms with E-state index >= 15 is 0 Å². The Bertz CT molecular complexity index is 1110. The van der Waals surface area contributed by atoms with E-state index in [1.54, 1.807) is 12.1 Å². The van der Waals surface area contributed by atoms with E-state index in [9.17, 15) is 9.59 Å². The molecule has 1 saturated heterocycles. The lowest BCUT2D eigenvalue weighted by molar-refractivity contribution is 0.0697. The van der Waals surface area contributed by atoms with Gasteiger partial charge in [0.25, 0.3) is 0 Å². The first-order valence-electron chi connectivity index (χ1n) is 10.2. The van der Waals surface area contributed by atoms with Crippen LogP contribution >= 0.6 is 0 Å². The van der Waals surface area contributed by atoms with Gasteiger partial charge in [-0.1, -0.05) is 0 Å². The maximum atomic E-state index is 12.2. The lowest BCUT2D eigenvalue weighted by Gasteiger charge is -2.29. The molecule has 2 amide bonds. The third-order valence-electron chi connectivity index (χ3n) is 5.05.